The molecule has 0 aliphatic carbocycles. The number of benzene rings is 1. The Morgan fingerprint density at radius 3 is 2.59 bits per heavy atom. The number of nitrogens with zero attached hydrogens (tertiary/aromatic N) is 3. The van der Waals surface area contributed by atoms with E-state index in [1.807, 2.05) is 0 Å². The highest BCUT2D eigenvalue weighted by molar-refractivity contribution is 7.90. The van der Waals surface area contributed by atoms with E-state index in [0.29, 0.717) is 21.9 Å². The third kappa shape index (κ3) is 3.95. The highest BCUT2D eigenvalue weighted by Gasteiger charge is 2.25. The number of aromatic nitrogens is 3. The summed E-state index contributed by atoms with van der Waals surface area (Å²) in [6.07, 6.45) is 3.34. The molecule has 0 spiro atoms. The zero-order valence-corrected chi connectivity index (χ0v) is 17.7. The van der Waals surface area contributed by atoms with Gasteiger partial charge in [-0.05, 0) is 41.8 Å². The van der Waals surface area contributed by atoms with Crippen LogP contribution < -0.4 is 15.8 Å². The Balaban J connectivity index is 0.000000775. The van der Waals surface area contributed by atoms with E-state index < -0.39 is 10.0 Å². The number of carbonyl (C=O) groups is 1. The third-order valence-electron chi connectivity index (χ3n) is 5.22. The monoisotopic (exact) mass is 455 g/mol. The highest BCUT2D eigenvalue weighted by atomic mass is 32.2. The fraction of sp³-hybridized carbons (Fsp3) is 0.190. The molecule has 0 amide bonds. The minimum Gasteiger partial charge on any atom is -0.483 e. The average Bonchev–Trinajstić information content (AvgIpc) is 3.20. The normalized spacial score (nSPS) is 14.2. The molecule has 0 radical (unpaired) electrons. The van der Waals surface area contributed by atoms with Crippen LogP contribution in [0.2, 0.25) is 0 Å². The van der Waals surface area contributed by atoms with E-state index in [1.54, 1.807) is 42.7 Å². The van der Waals surface area contributed by atoms with Crippen LogP contribution in [-0.2, 0) is 14.8 Å². The van der Waals surface area contributed by atoms with Crippen LogP contribution in [0.4, 0.5) is 5.69 Å². The lowest BCUT2D eigenvalue weighted by atomic mass is 10.2. The molecule has 10 nitrogen and oxygen atoms in total. The van der Waals surface area contributed by atoms with E-state index in [1.165, 1.54) is 16.1 Å². The summed E-state index contributed by atoms with van der Waals surface area (Å²) in [7, 11) is -3.84. The Kier molecular flexibility index (Phi) is 5.93. The Morgan fingerprint density at radius 1 is 1.09 bits per heavy atom. The first-order valence-electron chi connectivity index (χ1n) is 9.84. The number of hydrogen-bond acceptors (Lipinski definition) is 7. The van der Waals surface area contributed by atoms with E-state index in [4.69, 9.17) is 9.90 Å². The van der Waals surface area contributed by atoms with Gasteiger partial charge in [-0.1, -0.05) is 0 Å². The van der Waals surface area contributed by atoms with Crippen LogP contribution in [0.25, 0.3) is 21.9 Å². The standard InChI is InChI=1S/C20H19N5O3S.CH2O2/c26-19-6-3-14-12-15(4-5-16(14)23-19)29(27,28)25-13-18(24-10-8-21-9-11-24)20-17(25)2-1-7-22-20;2-1-3/h1-7,12-13,21H,8-11H2,(H,23,26);1H,(H,2,3). The van der Waals surface area contributed by atoms with Crippen LogP contribution >= 0.6 is 0 Å². The minimum absolute atomic E-state index is 0.157. The Bertz CT molecular complexity index is 1440. The van der Waals surface area contributed by atoms with Gasteiger partial charge >= 0.3 is 0 Å². The van der Waals surface area contributed by atoms with Gasteiger partial charge in [-0.25, -0.2) is 12.4 Å². The van der Waals surface area contributed by atoms with Gasteiger partial charge in [-0.15, -0.1) is 0 Å². The van der Waals surface area contributed by atoms with Crippen molar-refractivity contribution in [2.45, 2.75) is 4.90 Å². The molecule has 1 aliphatic rings. The van der Waals surface area contributed by atoms with E-state index in [-0.39, 0.29) is 16.9 Å². The third-order valence-corrected chi connectivity index (χ3v) is 6.89. The summed E-state index contributed by atoms with van der Waals surface area (Å²) in [6, 6.07) is 11.2. The molecule has 11 heteroatoms. The maximum Gasteiger partial charge on any atom is 0.290 e. The number of aromatic amines is 1. The maximum absolute atomic E-state index is 13.5. The molecule has 0 atom stereocenters. The molecule has 4 heterocycles. The Labute approximate surface area is 183 Å². The molecule has 166 valence electrons. The van der Waals surface area contributed by atoms with Gasteiger partial charge in [0.15, 0.2) is 0 Å². The SMILES string of the molecule is O=CO.O=c1ccc2cc(S(=O)(=O)n3cc(N4CCNCC4)c4ncccc43)ccc2[nH]1. The summed E-state index contributed by atoms with van der Waals surface area (Å²) in [6.45, 7) is 3.02. The predicted molar refractivity (Wildman–Crippen MR) is 121 cm³/mol. The first-order chi connectivity index (χ1) is 15.5. The number of pyridine rings is 2. The number of nitrogens with one attached hydrogen (secondary N) is 2. The molecule has 1 fully saturated rings. The van der Waals surface area contributed by atoms with Crippen molar-refractivity contribution in [3.63, 3.8) is 0 Å². The molecule has 32 heavy (non-hydrogen) atoms. The van der Waals surface area contributed by atoms with E-state index >= 15 is 0 Å². The summed E-state index contributed by atoms with van der Waals surface area (Å²) >= 11 is 0. The summed E-state index contributed by atoms with van der Waals surface area (Å²) in [5.41, 5.74) is 2.40. The predicted octanol–water partition coefficient (Wildman–Crippen LogP) is 1.23. The summed E-state index contributed by atoms with van der Waals surface area (Å²) in [5.74, 6) is 0. The summed E-state index contributed by atoms with van der Waals surface area (Å²) in [5, 5.41) is 10.8. The van der Waals surface area contributed by atoms with Crippen molar-refractivity contribution < 1.29 is 18.3 Å². The zero-order chi connectivity index (χ0) is 22.7. The molecular formula is C21H21N5O5S. The lowest BCUT2D eigenvalue weighted by Gasteiger charge is -2.28. The van der Waals surface area contributed by atoms with Gasteiger partial charge in [0.05, 0.1) is 16.1 Å². The maximum atomic E-state index is 13.5. The molecule has 0 saturated carbocycles. The lowest BCUT2D eigenvalue weighted by molar-refractivity contribution is -0.122. The summed E-state index contributed by atoms with van der Waals surface area (Å²) < 4.78 is 28.3. The number of hydrogen-bond donors (Lipinski definition) is 3. The van der Waals surface area contributed by atoms with Gasteiger partial charge in [0, 0.05) is 50.2 Å². The van der Waals surface area contributed by atoms with Gasteiger partial charge in [0.1, 0.15) is 5.52 Å². The number of carboxylic acid groups (broad SMARTS) is 1. The first kappa shape index (κ1) is 21.5. The van der Waals surface area contributed by atoms with E-state index in [9.17, 15) is 13.2 Å². The fourth-order valence-corrected chi connectivity index (χ4v) is 5.14. The largest absolute Gasteiger partial charge is 0.483 e. The number of rotatable bonds is 3. The average molecular weight is 455 g/mol. The minimum atomic E-state index is -3.84. The van der Waals surface area contributed by atoms with Gasteiger partial charge in [0.2, 0.25) is 5.56 Å². The van der Waals surface area contributed by atoms with Gasteiger partial charge in [-0.2, -0.15) is 0 Å². The number of H-pyrrole nitrogens is 1. The molecule has 1 aromatic carbocycles. The van der Waals surface area contributed by atoms with Crippen LogP contribution in [0, 0.1) is 0 Å². The van der Waals surface area contributed by atoms with Crippen molar-refractivity contribution in [1.82, 2.24) is 19.3 Å². The van der Waals surface area contributed by atoms with E-state index in [2.05, 4.69) is 20.2 Å². The van der Waals surface area contributed by atoms with Crippen LogP contribution in [-0.4, -0.2) is 60.1 Å². The molecule has 1 saturated heterocycles. The van der Waals surface area contributed by atoms with Gasteiger partial charge in [0.25, 0.3) is 16.5 Å². The van der Waals surface area contributed by atoms with Crippen LogP contribution in [0.5, 0.6) is 0 Å². The zero-order valence-electron chi connectivity index (χ0n) is 16.9. The second kappa shape index (κ2) is 8.81. The quantitative estimate of drug-likeness (QED) is 0.392. The lowest BCUT2D eigenvalue weighted by Crippen LogP contribution is -2.43. The second-order valence-corrected chi connectivity index (χ2v) is 8.92. The number of fused-ring (bicyclic) bond motifs is 2. The van der Waals surface area contributed by atoms with Gasteiger partial charge in [-0.3, -0.25) is 14.6 Å². The first-order valence-corrected chi connectivity index (χ1v) is 11.3. The van der Waals surface area contributed by atoms with Crippen molar-refractivity contribution in [2.24, 2.45) is 0 Å². The topological polar surface area (TPSA) is 137 Å². The van der Waals surface area contributed by atoms with Crippen LogP contribution in [0.1, 0.15) is 0 Å². The number of anilines is 1. The summed E-state index contributed by atoms with van der Waals surface area (Å²) in [4.78, 5) is 29.3. The second-order valence-electron chi connectivity index (χ2n) is 7.10. The molecule has 3 aromatic heterocycles. The number of piperazine rings is 1. The van der Waals surface area contributed by atoms with E-state index in [0.717, 1.165) is 31.9 Å². The Morgan fingerprint density at radius 2 is 1.84 bits per heavy atom. The highest BCUT2D eigenvalue weighted by Crippen LogP contribution is 2.31. The van der Waals surface area contributed by atoms with Crippen molar-refractivity contribution in [3.8, 4) is 0 Å². The van der Waals surface area contributed by atoms with Crippen LogP contribution in [0.3, 0.4) is 0 Å². The Hall–Kier alpha value is -3.70. The smallest absolute Gasteiger partial charge is 0.290 e. The molecule has 1 aliphatic heterocycles. The molecule has 3 N–H and O–H groups in total. The van der Waals surface area contributed by atoms with Crippen molar-refractivity contribution in [2.75, 3.05) is 31.1 Å². The van der Waals surface area contributed by atoms with Crippen LogP contribution in [0.15, 0.2) is 64.5 Å². The molecule has 0 bridgehead atoms. The molecule has 4 aromatic rings. The molecule has 5 rings (SSSR count). The van der Waals surface area contributed by atoms with Crippen molar-refractivity contribution in [1.29, 1.82) is 0 Å². The fourth-order valence-electron chi connectivity index (χ4n) is 3.76. The molecular weight excluding hydrogens is 434 g/mol. The van der Waals surface area contributed by atoms with Gasteiger partial charge < -0.3 is 20.3 Å². The molecule has 0 unspecified atom stereocenters. The van der Waals surface area contributed by atoms with Crippen molar-refractivity contribution in [3.05, 3.63) is 65.2 Å². The van der Waals surface area contributed by atoms with Crippen molar-refractivity contribution >= 4 is 44.1 Å².